The van der Waals surface area contributed by atoms with Gasteiger partial charge in [0.05, 0.1) is 12.2 Å². The smallest absolute Gasteiger partial charge is 0.262 e. The fourth-order valence-electron chi connectivity index (χ4n) is 2.30. The van der Waals surface area contributed by atoms with Gasteiger partial charge in [-0.05, 0) is 5.56 Å². The summed E-state index contributed by atoms with van der Waals surface area (Å²) in [6.07, 6.45) is 0.438. The van der Waals surface area contributed by atoms with Crippen molar-refractivity contribution in [3.8, 4) is 11.3 Å². The van der Waals surface area contributed by atoms with Crippen LogP contribution >= 0.6 is 11.3 Å². The number of carbonyl (C=O) groups is 1. The lowest BCUT2D eigenvalue weighted by Gasteiger charge is -2.02. The van der Waals surface area contributed by atoms with Crippen LogP contribution in [0.15, 0.2) is 71.0 Å². The number of aliphatic imine (C=N–C) groups is 1. The molecule has 0 saturated carbocycles. The number of rotatable bonds is 6. The number of benzene rings is 2. The number of hydrogen-bond donors (Lipinski definition) is 1. The molecular formula is C19H17N3OS. The minimum Gasteiger partial charge on any atom is -0.365 e. The molecule has 4 nitrogen and oxygen atoms in total. The van der Waals surface area contributed by atoms with Gasteiger partial charge in [0.1, 0.15) is 10.7 Å². The van der Waals surface area contributed by atoms with E-state index in [1.54, 1.807) is 0 Å². The van der Waals surface area contributed by atoms with Crippen LogP contribution in [0.3, 0.4) is 0 Å². The Morgan fingerprint density at radius 3 is 2.38 bits per heavy atom. The minimum absolute atomic E-state index is 0.364. The lowest BCUT2D eigenvalue weighted by atomic mass is 10.1. The summed E-state index contributed by atoms with van der Waals surface area (Å²) >= 11 is 1.53. The van der Waals surface area contributed by atoms with Gasteiger partial charge in [-0.25, -0.2) is 4.98 Å². The molecule has 0 aliphatic rings. The summed E-state index contributed by atoms with van der Waals surface area (Å²) in [4.78, 5) is 20.6. The van der Waals surface area contributed by atoms with Crippen LogP contribution in [0.25, 0.3) is 11.3 Å². The van der Waals surface area contributed by atoms with E-state index in [4.69, 9.17) is 5.73 Å². The Morgan fingerprint density at radius 2 is 1.71 bits per heavy atom. The molecule has 120 valence electrons. The Morgan fingerprint density at radius 1 is 1.04 bits per heavy atom. The van der Waals surface area contributed by atoms with Gasteiger partial charge in [-0.3, -0.25) is 9.79 Å². The van der Waals surface area contributed by atoms with Gasteiger partial charge < -0.3 is 5.73 Å². The van der Waals surface area contributed by atoms with Crippen molar-refractivity contribution in [3.63, 3.8) is 0 Å². The van der Waals surface area contributed by atoms with Crippen molar-refractivity contribution in [1.29, 1.82) is 0 Å². The third-order valence-electron chi connectivity index (χ3n) is 3.53. The number of nitrogens with zero attached hydrogens (tertiary/aromatic N) is 2. The van der Waals surface area contributed by atoms with E-state index in [0.717, 1.165) is 21.8 Å². The number of aromatic nitrogens is 1. The minimum atomic E-state index is -0.487. The van der Waals surface area contributed by atoms with E-state index >= 15 is 0 Å². The molecule has 0 unspecified atom stereocenters. The molecule has 2 N–H and O–H groups in total. The highest BCUT2D eigenvalue weighted by molar-refractivity contribution is 7.09. The summed E-state index contributed by atoms with van der Waals surface area (Å²) in [6, 6.07) is 19.7. The highest BCUT2D eigenvalue weighted by atomic mass is 32.1. The van der Waals surface area contributed by atoms with Gasteiger partial charge in [0.2, 0.25) is 0 Å². The van der Waals surface area contributed by atoms with Gasteiger partial charge >= 0.3 is 0 Å². The van der Waals surface area contributed by atoms with Gasteiger partial charge in [0, 0.05) is 17.4 Å². The molecule has 0 fully saturated rings. The molecule has 2 aromatic carbocycles. The average molecular weight is 335 g/mol. The van der Waals surface area contributed by atoms with Crippen molar-refractivity contribution >= 4 is 23.0 Å². The second-order valence-corrected chi connectivity index (χ2v) is 6.22. The van der Waals surface area contributed by atoms with E-state index in [-0.39, 0.29) is 0 Å². The third-order valence-corrected chi connectivity index (χ3v) is 4.36. The standard InChI is InChI=1S/C19H17N3OS/c20-19(23)16(11-14-7-3-1-4-8-14)21-12-18-22-17(13-24-18)15-9-5-2-6-10-15/h1-10,13H,11-12H2,(H2,20,23). The van der Waals surface area contributed by atoms with E-state index < -0.39 is 5.91 Å². The number of carbonyl (C=O) groups excluding carboxylic acids is 1. The van der Waals surface area contributed by atoms with E-state index in [2.05, 4.69) is 9.98 Å². The molecule has 1 heterocycles. The van der Waals surface area contributed by atoms with E-state index in [1.807, 2.05) is 66.0 Å². The molecule has 0 aliphatic carbocycles. The average Bonchev–Trinajstić information content (AvgIpc) is 3.09. The van der Waals surface area contributed by atoms with Crippen LogP contribution in [0.5, 0.6) is 0 Å². The van der Waals surface area contributed by atoms with Crippen LogP contribution < -0.4 is 5.73 Å². The number of thiazole rings is 1. The Hall–Kier alpha value is -2.79. The zero-order valence-corrected chi connectivity index (χ0v) is 13.9. The lowest BCUT2D eigenvalue weighted by molar-refractivity contribution is -0.112. The molecule has 5 heteroatoms. The number of hydrogen-bond acceptors (Lipinski definition) is 4. The van der Waals surface area contributed by atoms with Crippen LogP contribution in [0.4, 0.5) is 0 Å². The summed E-state index contributed by atoms with van der Waals surface area (Å²) in [5.41, 5.74) is 8.84. The molecule has 3 aromatic rings. The zero-order chi connectivity index (χ0) is 16.8. The van der Waals surface area contributed by atoms with E-state index in [1.165, 1.54) is 11.3 Å². The first-order chi connectivity index (χ1) is 11.7. The molecule has 0 atom stereocenters. The normalized spacial score (nSPS) is 11.4. The summed E-state index contributed by atoms with van der Waals surface area (Å²) in [6.45, 7) is 0.364. The largest absolute Gasteiger partial charge is 0.365 e. The molecule has 1 aromatic heterocycles. The molecule has 3 rings (SSSR count). The first kappa shape index (κ1) is 16.1. The maximum atomic E-state index is 11.6. The van der Waals surface area contributed by atoms with Crippen molar-refractivity contribution in [2.75, 3.05) is 0 Å². The van der Waals surface area contributed by atoms with Crippen LogP contribution in [0.2, 0.25) is 0 Å². The molecule has 24 heavy (non-hydrogen) atoms. The van der Waals surface area contributed by atoms with Crippen LogP contribution in [0, 0.1) is 0 Å². The molecule has 0 saturated heterocycles. The van der Waals surface area contributed by atoms with Gasteiger partial charge in [0.25, 0.3) is 5.91 Å². The Bertz CT molecular complexity index is 841. The molecule has 0 aliphatic heterocycles. The highest BCUT2D eigenvalue weighted by Gasteiger charge is 2.09. The maximum Gasteiger partial charge on any atom is 0.262 e. The van der Waals surface area contributed by atoms with E-state index in [0.29, 0.717) is 18.7 Å². The quantitative estimate of drug-likeness (QED) is 0.701. The maximum absolute atomic E-state index is 11.6. The van der Waals surface area contributed by atoms with E-state index in [9.17, 15) is 4.79 Å². The second-order valence-electron chi connectivity index (χ2n) is 5.28. The summed E-state index contributed by atoms with van der Waals surface area (Å²) in [5, 5.41) is 2.86. The van der Waals surface area contributed by atoms with Gasteiger partial charge in [-0.1, -0.05) is 60.7 Å². The monoisotopic (exact) mass is 335 g/mol. The number of primary amides is 1. The van der Waals surface area contributed by atoms with Gasteiger partial charge in [0.15, 0.2) is 0 Å². The Labute approximate surface area is 144 Å². The molecule has 0 radical (unpaired) electrons. The predicted octanol–water partition coefficient (Wildman–Crippen LogP) is 3.48. The van der Waals surface area contributed by atoms with Crippen LogP contribution in [0.1, 0.15) is 10.6 Å². The molecule has 1 amide bonds. The summed E-state index contributed by atoms with van der Waals surface area (Å²) in [5.74, 6) is -0.487. The molecule has 0 bridgehead atoms. The summed E-state index contributed by atoms with van der Waals surface area (Å²) in [7, 11) is 0. The first-order valence-corrected chi connectivity index (χ1v) is 8.47. The Kier molecular flexibility index (Phi) is 5.13. The van der Waals surface area contributed by atoms with Crippen LogP contribution in [-0.4, -0.2) is 16.6 Å². The molecule has 0 spiro atoms. The number of amides is 1. The first-order valence-electron chi connectivity index (χ1n) is 7.59. The van der Waals surface area contributed by atoms with Crippen molar-refractivity contribution in [2.45, 2.75) is 13.0 Å². The fraction of sp³-hybridized carbons (Fsp3) is 0.105. The van der Waals surface area contributed by atoms with Crippen molar-refractivity contribution in [3.05, 3.63) is 76.6 Å². The Balaban J connectivity index is 1.73. The van der Waals surface area contributed by atoms with Crippen molar-refractivity contribution in [2.24, 2.45) is 10.7 Å². The topological polar surface area (TPSA) is 68.3 Å². The fourth-order valence-corrected chi connectivity index (χ4v) is 3.02. The second kappa shape index (κ2) is 7.66. The highest BCUT2D eigenvalue weighted by Crippen LogP contribution is 2.22. The lowest BCUT2D eigenvalue weighted by Crippen LogP contribution is -2.25. The summed E-state index contributed by atoms with van der Waals surface area (Å²) < 4.78 is 0. The third kappa shape index (κ3) is 4.14. The van der Waals surface area contributed by atoms with Crippen molar-refractivity contribution in [1.82, 2.24) is 4.98 Å². The predicted molar refractivity (Wildman–Crippen MR) is 98.0 cm³/mol. The van der Waals surface area contributed by atoms with Gasteiger partial charge in [-0.2, -0.15) is 0 Å². The van der Waals surface area contributed by atoms with Gasteiger partial charge in [-0.15, -0.1) is 11.3 Å². The number of nitrogens with two attached hydrogens (primary N) is 1. The zero-order valence-electron chi connectivity index (χ0n) is 13.1. The van der Waals surface area contributed by atoms with Crippen molar-refractivity contribution < 1.29 is 4.79 Å². The SMILES string of the molecule is NC(=O)C(Cc1ccccc1)=NCc1nc(-c2ccccc2)cs1. The molecular weight excluding hydrogens is 318 g/mol. The van der Waals surface area contributed by atoms with Crippen LogP contribution in [-0.2, 0) is 17.8 Å².